The first-order valence-electron chi connectivity index (χ1n) is 6.96. The lowest BCUT2D eigenvalue weighted by Gasteiger charge is -2.25. The molecule has 1 rings (SSSR count). The van der Waals surface area contributed by atoms with Crippen LogP contribution in [0.4, 0.5) is 10.5 Å². The third-order valence-electron chi connectivity index (χ3n) is 3.07. The highest BCUT2D eigenvalue weighted by molar-refractivity contribution is 6.34. The molecule has 1 aromatic carbocycles. The van der Waals surface area contributed by atoms with Crippen molar-refractivity contribution in [3.05, 3.63) is 28.3 Å². The molecule has 1 N–H and O–H groups in total. The Bertz CT molecular complexity index is 549. The van der Waals surface area contributed by atoms with Crippen LogP contribution in [0.15, 0.2) is 12.1 Å². The number of alkyl halides is 1. The van der Waals surface area contributed by atoms with Crippen LogP contribution in [0.25, 0.3) is 0 Å². The van der Waals surface area contributed by atoms with Crippen LogP contribution in [-0.2, 0) is 4.74 Å². The number of aryl methyl sites for hydroxylation is 1. The molecule has 0 aliphatic rings. The Labute approximate surface area is 139 Å². The van der Waals surface area contributed by atoms with E-state index in [-0.39, 0.29) is 22.9 Å². The molecule has 0 aliphatic heterocycles. The van der Waals surface area contributed by atoms with E-state index in [2.05, 4.69) is 0 Å². The van der Waals surface area contributed by atoms with Crippen molar-refractivity contribution in [2.75, 3.05) is 23.9 Å². The summed E-state index contributed by atoms with van der Waals surface area (Å²) >= 11 is 11.7. The number of nitrogens with zero attached hydrogens (tertiary/aromatic N) is 1. The van der Waals surface area contributed by atoms with Gasteiger partial charge in [0.2, 0.25) is 0 Å². The number of rotatable bonds is 7. The summed E-state index contributed by atoms with van der Waals surface area (Å²) < 4.78 is 5.04. The van der Waals surface area contributed by atoms with Crippen molar-refractivity contribution < 1.29 is 19.4 Å². The molecule has 0 aromatic heterocycles. The van der Waals surface area contributed by atoms with E-state index in [1.165, 1.54) is 11.0 Å². The summed E-state index contributed by atoms with van der Waals surface area (Å²) in [5, 5.41) is 9.50. The number of carbonyl (C=O) groups is 2. The third-order valence-corrected chi connectivity index (χ3v) is 3.65. The maximum Gasteiger partial charge on any atom is 0.414 e. The van der Waals surface area contributed by atoms with Crippen molar-refractivity contribution in [3.8, 4) is 0 Å². The summed E-state index contributed by atoms with van der Waals surface area (Å²) in [6, 6.07) is 3.18. The number of carboxylic acids is 1. The first-order chi connectivity index (χ1) is 10.4. The first kappa shape index (κ1) is 18.6. The number of aromatic carboxylic acids is 1. The van der Waals surface area contributed by atoms with Gasteiger partial charge in [-0.3, -0.25) is 4.90 Å². The topological polar surface area (TPSA) is 66.8 Å². The standard InChI is InChI=1S/C15H19Cl2NO4/c1-3-22-15(21)18(9-5-4-8-16)13-10(2)6-7-11(17)12(13)14(19)20/h6-7H,3-5,8-9H2,1-2H3,(H,19,20). The quantitative estimate of drug-likeness (QED) is 0.588. The van der Waals surface area contributed by atoms with Gasteiger partial charge < -0.3 is 9.84 Å². The third kappa shape index (κ3) is 4.52. The molecule has 5 nitrogen and oxygen atoms in total. The van der Waals surface area contributed by atoms with Gasteiger partial charge in [0.1, 0.15) is 5.56 Å². The van der Waals surface area contributed by atoms with Crippen molar-refractivity contribution in [1.29, 1.82) is 0 Å². The molecule has 0 saturated heterocycles. The molecule has 7 heteroatoms. The van der Waals surface area contributed by atoms with E-state index in [9.17, 15) is 14.7 Å². The number of hydrogen-bond donors (Lipinski definition) is 1. The number of anilines is 1. The molecule has 0 unspecified atom stereocenters. The fourth-order valence-corrected chi connectivity index (χ4v) is 2.50. The second-order valence-corrected chi connectivity index (χ2v) is 5.42. The summed E-state index contributed by atoms with van der Waals surface area (Å²) in [6.45, 7) is 3.93. The van der Waals surface area contributed by atoms with E-state index in [0.29, 0.717) is 30.8 Å². The van der Waals surface area contributed by atoms with Crippen LogP contribution < -0.4 is 4.90 Å². The van der Waals surface area contributed by atoms with Gasteiger partial charge in [0.05, 0.1) is 17.3 Å². The number of benzene rings is 1. The number of halogens is 2. The summed E-state index contributed by atoms with van der Waals surface area (Å²) in [5.74, 6) is -0.716. The number of ether oxygens (including phenoxy) is 1. The zero-order valence-corrected chi connectivity index (χ0v) is 14.1. The van der Waals surface area contributed by atoms with Crippen LogP contribution >= 0.6 is 23.2 Å². The maximum absolute atomic E-state index is 12.2. The number of unbranched alkanes of at least 4 members (excludes halogenated alkanes) is 1. The zero-order chi connectivity index (χ0) is 16.7. The van der Waals surface area contributed by atoms with Crippen LogP contribution in [0.3, 0.4) is 0 Å². The van der Waals surface area contributed by atoms with Crippen molar-refractivity contribution in [2.45, 2.75) is 26.7 Å². The van der Waals surface area contributed by atoms with Crippen molar-refractivity contribution >= 4 is 41.0 Å². The summed E-state index contributed by atoms with van der Waals surface area (Å²) in [5.41, 5.74) is 0.814. The molecule has 0 atom stereocenters. The SMILES string of the molecule is CCOC(=O)N(CCCCCl)c1c(C)ccc(Cl)c1C(=O)O. The van der Waals surface area contributed by atoms with E-state index in [1.807, 2.05) is 0 Å². The molecule has 0 fully saturated rings. The molecular formula is C15H19Cl2NO4. The molecule has 1 aromatic rings. The summed E-state index contributed by atoms with van der Waals surface area (Å²) in [4.78, 5) is 25.1. The highest BCUT2D eigenvalue weighted by Gasteiger charge is 2.26. The van der Waals surface area contributed by atoms with E-state index in [1.54, 1.807) is 19.9 Å². The molecular weight excluding hydrogens is 329 g/mol. The fraction of sp³-hybridized carbons (Fsp3) is 0.467. The lowest BCUT2D eigenvalue weighted by molar-refractivity contribution is 0.0697. The average Bonchev–Trinajstić information content (AvgIpc) is 2.46. The van der Waals surface area contributed by atoms with Gasteiger partial charge in [0.15, 0.2) is 0 Å². The van der Waals surface area contributed by atoms with Gasteiger partial charge in [0, 0.05) is 12.4 Å². The smallest absolute Gasteiger partial charge is 0.414 e. The van der Waals surface area contributed by atoms with Crippen LogP contribution in [0, 0.1) is 6.92 Å². The Balaban J connectivity index is 3.31. The van der Waals surface area contributed by atoms with Crippen LogP contribution in [0.1, 0.15) is 35.7 Å². The summed E-state index contributed by atoms with van der Waals surface area (Å²) in [7, 11) is 0. The van der Waals surface area contributed by atoms with Crippen LogP contribution in [-0.4, -0.2) is 36.2 Å². The van der Waals surface area contributed by atoms with Gasteiger partial charge in [-0.15, -0.1) is 11.6 Å². The van der Waals surface area contributed by atoms with Gasteiger partial charge in [-0.1, -0.05) is 17.7 Å². The maximum atomic E-state index is 12.2. The predicted octanol–water partition coefficient (Wildman–Crippen LogP) is 4.33. The monoisotopic (exact) mass is 347 g/mol. The molecule has 22 heavy (non-hydrogen) atoms. The van der Waals surface area contributed by atoms with E-state index in [4.69, 9.17) is 27.9 Å². The first-order valence-corrected chi connectivity index (χ1v) is 7.87. The fourth-order valence-electron chi connectivity index (χ4n) is 2.08. The van der Waals surface area contributed by atoms with Crippen molar-refractivity contribution in [2.24, 2.45) is 0 Å². The van der Waals surface area contributed by atoms with Crippen LogP contribution in [0.2, 0.25) is 5.02 Å². The highest BCUT2D eigenvalue weighted by atomic mass is 35.5. The van der Waals surface area contributed by atoms with E-state index in [0.717, 1.165) is 0 Å². The van der Waals surface area contributed by atoms with E-state index >= 15 is 0 Å². The lowest BCUT2D eigenvalue weighted by Crippen LogP contribution is -2.34. The minimum Gasteiger partial charge on any atom is -0.478 e. The Morgan fingerprint density at radius 2 is 2.00 bits per heavy atom. The Morgan fingerprint density at radius 1 is 1.32 bits per heavy atom. The second-order valence-electron chi connectivity index (χ2n) is 4.64. The van der Waals surface area contributed by atoms with Crippen molar-refractivity contribution in [3.63, 3.8) is 0 Å². The minimum atomic E-state index is -1.18. The largest absolute Gasteiger partial charge is 0.478 e. The number of carboxylic acid groups (broad SMARTS) is 1. The molecule has 1 amide bonds. The molecule has 0 aliphatic carbocycles. The van der Waals surface area contributed by atoms with Gasteiger partial charge in [0.25, 0.3) is 0 Å². The molecule has 122 valence electrons. The normalized spacial score (nSPS) is 10.4. The second kappa shape index (κ2) is 8.86. The minimum absolute atomic E-state index is 0.0831. The van der Waals surface area contributed by atoms with Gasteiger partial charge in [-0.2, -0.15) is 0 Å². The molecule has 0 radical (unpaired) electrons. The van der Waals surface area contributed by atoms with Gasteiger partial charge in [-0.25, -0.2) is 9.59 Å². The van der Waals surface area contributed by atoms with E-state index < -0.39 is 12.1 Å². The molecule has 0 spiro atoms. The lowest BCUT2D eigenvalue weighted by atomic mass is 10.1. The Morgan fingerprint density at radius 3 is 2.55 bits per heavy atom. The number of carbonyl (C=O) groups excluding carboxylic acids is 1. The number of hydrogen-bond acceptors (Lipinski definition) is 3. The molecule has 0 bridgehead atoms. The molecule has 0 saturated carbocycles. The Hall–Kier alpha value is -1.46. The zero-order valence-electron chi connectivity index (χ0n) is 12.6. The molecule has 0 heterocycles. The summed E-state index contributed by atoms with van der Waals surface area (Å²) in [6.07, 6.45) is 0.747. The van der Waals surface area contributed by atoms with Crippen LogP contribution in [0.5, 0.6) is 0 Å². The van der Waals surface area contributed by atoms with Gasteiger partial charge >= 0.3 is 12.1 Å². The Kier molecular flexibility index (Phi) is 7.48. The van der Waals surface area contributed by atoms with Crippen molar-refractivity contribution in [1.82, 2.24) is 0 Å². The predicted molar refractivity (Wildman–Crippen MR) is 87.5 cm³/mol. The average molecular weight is 348 g/mol. The highest BCUT2D eigenvalue weighted by Crippen LogP contribution is 2.32. The van der Waals surface area contributed by atoms with Gasteiger partial charge in [-0.05, 0) is 38.3 Å². The number of amides is 1.